The average molecular weight is 608 g/mol. The predicted octanol–water partition coefficient (Wildman–Crippen LogP) is 7.45. The molecule has 0 bridgehead atoms. The number of pyridine rings is 1. The van der Waals surface area contributed by atoms with Gasteiger partial charge in [0.15, 0.2) is 0 Å². The van der Waals surface area contributed by atoms with Crippen LogP contribution in [0.1, 0.15) is 73.2 Å². The number of fused-ring (bicyclic) bond motifs is 1. The number of ether oxygens (including phenoxy) is 2. The fraction of sp³-hybridized carbons (Fsp3) is 0.562. The van der Waals surface area contributed by atoms with Gasteiger partial charge in [-0.25, -0.2) is 0 Å². The Hall–Kier alpha value is -2.69. The number of nitrogens with two attached hydrogens (primary N) is 2. The van der Waals surface area contributed by atoms with Gasteiger partial charge in [0.2, 0.25) is 0 Å². The van der Waals surface area contributed by atoms with Crippen molar-refractivity contribution in [1.29, 1.82) is 0 Å². The van der Waals surface area contributed by atoms with Crippen molar-refractivity contribution in [1.82, 2.24) is 4.98 Å². The maximum absolute atomic E-state index is 14.3. The first-order valence-electron chi connectivity index (χ1n) is 14.2. The number of carbonyl (C=O) groups is 1. The highest BCUT2D eigenvalue weighted by atomic mass is 32.1. The number of nitrogens with zero attached hydrogens (tertiary/aromatic N) is 1. The minimum Gasteiger partial charge on any atom is -0.492 e. The zero-order valence-corrected chi connectivity index (χ0v) is 26.7. The van der Waals surface area contributed by atoms with Crippen molar-refractivity contribution in [2.45, 2.75) is 91.9 Å². The number of esters is 1. The topological polar surface area (TPSA) is 100 Å². The molecule has 1 aromatic carbocycles. The van der Waals surface area contributed by atoms with Gasteiger partial charge in [0.05, 0.1) is 5.41 Å². The molecule has 0 spiro atoms. The first kappa shape index (κ1) is 33.8. The third kappa shape index (κ3) is 7.44. The highest BCUT2D eigenvalue weighted by molar-refractivity contribution is 7.22. The lowest BCUT2D eigenvalue weighted by molar-refractivity contribution is -0.242. The lowest BCUT2D eigenvalue weighted by Gasteiger charge is -2.43. The van der Waals surface area contributed by atoms with Crippen LogP contribution in [-0.4, -0.2) is 41.4 Å². The van der Waals surface area contributed by atoms with Gasteiger partial charge in [0.1, 0.15) is 24.4 Å². The molecule has 232 valence electrons. The summed E-state index contributed by atoms with van der Waals surface area (Å²) in [7, 11) is 0. The smallest absolute Gasteiger partial charge is 0.400 e. The van der Waals surface area contributed by atoms with E-state index in [2.05, 4.69) is 26.0 Å². The van der Waals surface area contributed by atoms with Crippen LogP contribution in [0.2, 0.25) is 0 Å². The van der Waals surface area contributed by atoms with E-state index in [-0.39, 0.29) is 6.42 Å². The SMILES string of the molecule is CCc1ccc(-c2cc3ccc(OCC(C)(COC(=O)C(C)(C)C(C)(N)CC(C)(C)N)C(F)(F)F)cc3s2)c(CC)n1. The molecule has 3 rings (SSSR count). The number of rotatable bonds is 12. The normalized spacial score (nSPS) is 15.7. The van der Waals surface area contributed by atoms with Crippen molar-refractivity contribution in [3.05, 3.63) is 47.8 Å². The fourth-order valence-corrected chi connectivity index (χ4v) is 5.86. The number of benzene rings is 1. The summed E-state index contributed by atoms with van der Waals surface area (Å²) < 4.78 is 54.6. The molecule has 10 heteroatoms. The molecule has 2 aromatic heterocycles. The maximum Gasteiger partial charge on any atom is 0.400 e. The third-order valence-electron chi connectivity index (χ3n) is 8.01. The molecule has 0 saturated heterocycles. The standard InChI is InChI=1S/C32H44F3N3O3S/c1-9-21-12-14-23(24(10-2)38-21)26-15-20-11-13-22(16-25(20)42-26)40-18-30(7,32(33,34)35)19-41-27(39)29(5,6)31(8,37)17-28(3,4)36/h11-16H,9-10,17-19,36-37H2,1-8H3. The van der Waals surface area contributed by atoms with E-state index >= 15 is 0 Å². The van der Waals surface area contributed by atoms with Gasteiger partial charge >= 0.3 is 12.1 Å². The van der Waals surface area contributed by atoms with Crippen LogP contribution in [-0.2, 0) is 22.4 Å². The lowest BCUT2D eigenvalue weighted by atomic mass is 9.68. The predicted molar refractivity (Wildman–Crippen MR) is 164 cm³/mol. The molecular formula is C32H44F3N3O3S. The van der Waals surface area contributed by atoms with Gasteiger partial charge in [-0.2, -0.15) is 13.2 Å². The van der Waals surface area contributed by atoms with Crippen LogP contribution in [0.3, 0.4) is 0 Å². The van der Waals surface area contributed by atoms with Gasteiger partial charge < -0.3 is 20.9 Å². The maximum atomic E-state index is 14.3. The molecule has 0 aliphatic rings. The van der Waals surface area contributed by atoms with E-state index in [0.29, 0.717) is 5.75 Å². The van der Waals surface area contributed by atoms with Crippen LogP contribution < -0.4 is 16.2 Å². The molecule has 0 amide bonds. The summed E-state index contributed by atoms with van der Waals surface area (Å²) in [4.78, 5) is 18.8. The average Bonchev–Trinajstić information content (AvgIpc) is 3.31. The molecule has 2 heterocycles. The second-order valence-electron chi connectivity index (χ2n) is 12.9. The summed E-state index contributed by atoms with van der Waals surface area (Å²) in [5.74, 6) is -0.527. The van der Waals surface area contributed by atoms with E-state index in [1.807, 2.05) is 12.1 Å². The van der Waals surface area contributed by atoms with Gasteiger partial charge in [0.25, 0.3) is 0 Å². The van der Waals surface area contributed by atoms with Gasteiger partial charge in [-0.15, -0.1) is 11.3 Å². The molecule has 0 saturated carbocycles. The van der Waals surface area contributed by atoms with Crippen molar-refractivity contribution in [2.24, 2.45) is 22.3 Å². The molecule has 0 aliphatic carbocycles. The Labute approximate surface area is 251 Å². The molecular weight excluding hydrogens is 563 g/mol. The summed E-state index contributed by atoms with van der Waals surface area (Å²) in [5, 5.41) is 0.962. The molecule has 2 atom stereocenters. The van der Waals surface area contributed by atoms with Gasteiger partial charge in [-0.3, -0.25) is 9.78 Å². The van der Waals surface area contributed by atoms with Crippen molar-refractivity contribution in [3.63, 3.8) is 0 Å². The van der Waals surface area contributed by atoms with Gasteiger partial charge in [-0.05, 0) is 103 Å². The number of thiophene rings is 1. The number of hydrogen-bond acceptors (Lipinski definition) is 7. The Bertz CT molecular complexity index is 1410. The van der Waals surface area contributed by atoms with Crippen molar-refractivity contribution in [3.8, 4) is 16.2 Å². The monoisotopic (exact) mass is 607 g/mol. The highest BCUT2D eigenvalue weighted by Gasteiger charge is 2.54. The molecule has 6 nitrogen and oxygen atoms in total. The van der Waals surface area contributed by atoms with E-state index in [0.717, 1.165) is 51.7 Å². The van der Waals surface area contributed by atoms with E-state index in [1.165, 1.54) is 11.3 Å². The first-order chi connectivity index (χ1) is 19.2. The van der Waals surface area contributed by atoms with E-state index in [1.54, 1.807) is 46.8 Å². The van der Waals surface area contributed by atoms with Gasteiger partial charge in [-0.1, -0.05) is 13.8 Å². The minimum atomic E-state index is -4.70. The molecule has 3 aromatic rings. The van der Waals surface area contributed by atoms with Gasteiger partial charge in [0, 0.05) is 37.6 Å². The third-order valence-corrected chi connectivity index (χ3v) is 9.14. The summed E-state index contributed by atoms with van der Waals surface area (Å²) in [5.41, 5.74) is 10.1. The molecule has 42 heavy (non-hydrogen) atoms. The second-order valence-corrected chi connectivity index (χ2v) is 14.0. The fourth-order valence-electron chi connectivity index (χ4n) is 4.73. The second kappa shape index (κ2) is 12.1. The number of halogens is 3. The zero-order valence-electron chi connectivity index (χ0n) is 25.9. The number of hydrogen-bond donors (Lipinski definition) is 2. The van der Waals surface area contributed by atoms with Crippen LogP contribution in [0.5, 0.6) is 5.75 Å². The summed E-state index contributed by atoms with van der Waals surface area (Å²) in [6.45, 7) is 11.8. The van der Waals surface area contributed by atoms with E-state index < -0.39 is 47.3 Å². The number of carbonyl (C=O) groups excluding carboxylic acids is 1. The molecule has 0 fully saturated rings. The Kier molecular flexibility index (Phi) is 9.76. The number of aromatic nitrogens is 1. The Morgan fingerprint density at radius 1 is 0.929 bits per heavy atom. The Morgan fingerprint density at radius 2 is 1.60 bits per heavy atom. The lowest BCUT2D eigenvalue weighted by Crippen LogP contribution is -2.59. The van der Waals surface area contributed by atoms with Crippen LogP contribution in [0, 0.1) is 10.8 Å². The van der Waals surface area contributed by atoms with Crippen LogP contribution in [0.4, 0.5) is 13.2 Å². The molecule has 4 N–H and O–H groups in total. The van der Waals surface area contributed by atoms with Crippen LogP contribution in [0.15, 0.2) is 36.4 Å². The summed E-state index contributed by atoms with van der Waals surface area (Å²) in [6, 6.07) is 11.4. The van der Waals surface area contributed by atoms with E-state index in [9.17, 15) is 18.0 Å². The minimum absolute atomic E-state index is 0.259. The van der Waals surface area contributed by atoms with Crippen molar-refractivity contribution in [2.75, 3.05) is 13.2 Å². The van der Waals surface area contributed by atoms with E-state index in [4.69, 9.17) is 25.9 Å². The van der Waals surface area contributed by atoms with Crippen molar-refractivity contribution >= 4 is 27.4 Å². The number of aryl methyl sites for hydroxylation is 2. The molecule has 0 radical (unpaired) electrons. The quantitative estimate of drug-likeness (QED) is 0.208. The number of alkyl halides is 3. The molecule has 0 aliphatic heterocycles. The first-order valence-corrected chi connectivity index (χ1v) is 15.0. The highest BCUT2D eigenvalue weighted by Crippen LogP contribution is 2.42. The Morgan fingerprint density at radius 3 is 2.17 bits per heavy atom. The van der Waals surface area contributed by atoms with Crippen LogP contribution in [0.25, 0.3) is 20.5 Å². The molecule has 2 unspecified atom stereocenters. The van der Waals surface area contributed by atoms with Crippen molar-refractivity contribution < 1.29 is 27.4 Å². The summed E-state index contributed by atoms with van der Waals surface area (Å²) in [6.07, 6.45) is -2.79. The largest absolute Gasteiger partial charge is 0.492 e. The van der Waals surface area contributed by atoms with Crippen LogP contribution >= 0.6 is 11.3 Å². The summed E-state index contributed by atoms with van der Waals surface area (Å²) >= 11 is 1.54. The zero-order chi connectivity index (χ0) is 31.7. The Balaban J connectivity index is 1.78.